The molecule has 0 fully saturated rings. The first-order valence-corrected chi connectivity index (χ1v) is 6.38. The molecule has 0 aliphatic heterocycles. The normalized spacial score (nSPS) is 10.5. The summed E-state index contributed by atoms with van der Waals surface area (Å²) in [5, 5.41) is 0.793. The van der Waals surface area contributed by atoms with Gasteiger partial charge in [-0.05, 0) is 37.1 Å². The average Bonchev–Trinajstić information content (AvgIpc) is 2.32. The Kier molecular flexibility index (Phi) is 4.00. The molecule has 5 heteroatoms. The number of benzene rings is 1. The molecule has 0 aliphatic carbocycles. The summed E-state index contributed by atoms with van der Waals surface area (Å²) < 4.78 is 5.67. The second kappa shape index (κ2) is 5.35. The quantitative estimate of drug-likeness (QED) is 0.688. The van der Waals surface area contributed by atoms with E-state index in [9.17, 15) is 0 Å². The number of aromatic nitrogens is 1. The molecule has 0 spiro atoms. The molecular formula is C13H10Cl3NO. The lowest BCUT2D eigenvalue weighted by atomic mass is 10.1. The molecule has 0 saturated heterocycles. The highest BCUT2D eigenvalue weighted by molar-refractivity contribution is 6.42. The first-order chi connectivity index (χ1) is 8.49. The first-order valence-electron chi connectivity index (χ1n) is 5.24. The van der Waals surface area contributed by atoms with Crippen LogP contribution in [0.25, 0.3) is 0 Å². The molecule has 0 unspecified atom stereocenters. The molecule has 0 aliphatic rings. The zero-order chi connectivity index (χ0) is 13.3. The fourth-order valence-electron chi connectivity index (χ4n) is 1.44. The second-order valence-electron chi connectivity index (χ2n) is 3.85. The van der Waals surface area contributed by atoms with Gasteiger partial charge in [-0.15, -0.1) is 0 Å². The third-order valence-corrected chi connectivity index (χ3v) is 3.56. The molecular weight excluding hydrogens is 293 g/mol. The van der Waals surface area contributed by atoms with E-state index in [0.29, 0.717) is 15.8 Å². The molecule has 0 N–H and O–H groups in total. The van der Waals surface area contributed by atoms with E-state index in [4.69, 9.17) is 39.5 Å². The van der Waals surface area contributed by atoms with Crippen LogP contribution in [0.1, 0.15) is 11.1 Å². The summed E-state index contributed by atoms with van der Waals surface area (Å²) in [4.78, 5) is 4.02. The number of rotatable bonds is 2. The van der Waals surface area contributed by atoms with Crippen LogP contribution in [-0.4, -0.2) is 4.98 Å². The molecule has 0 amide bonds. The number of aryl methyl sites for hydroxylation is 1. The second-order valence-corrected chi connectivity index (χ2v) is 5.02. The number of hydrogen-bond acceptors (Lipinski definition) is 2. The van der Waals surface area contributed by atoms with Crippen molar-refractivity contribution in [3.63, 3.8) is 0 Å². The Hall–Kier alpha value is -0.960. The van der Waals surface area contributed by atoms with Gasteiger partial charge in [0.25, 0.3) is 0 Å². The van der Waals surface area contributed by atoms with Gasteiger partial charge in [0.15, 0.2) is 5.15 Å². The maximum Gasteiger partial charge on any atom is 0.239 e. The van der Waals surface area contributed by atoms with Crippen LogP contribution in [0.4, 0.5) is 0 Å². The lowest BCUT2D eigenvalue weighted by Gasteiger charge is -2.11. The summed E-state index contributed by atoms with van der Waals surface area (Å²) in [6.45, 7) is 3.97. The Morgan fingerprint density at radius 2 is 1.78 bits per heavy atom. The van der Waals surface area contributed by atoms with Crippen LogP contribution < -0.4 is 4.74 Å². The highest BCUT2D eigenvalue weighted by Gasteiger charge is 2.11. The van der Waals surface area contributed by atoms with Crippen LogP contribution >= 0.6 is 34.8 Å². The summed E-state index contributed by atoms with van der Waals surface area (Å²) in [6.07, 6.45) is 0. The zero-order valence-electron chi connectivity index (χ0n) is 9.80. The van der Waals surface area contributed by atoms with Gasteiger partial charge >= 0.3 is 0 Å². The standard InChI is InChI=1S/C13H10Cl3NO/c1-7-4-3-5-11(8(7)2)18-13-10(15)6-9(14)12(16)17-13/h3-6H,1-2H3. The van der Waals surface area contributed by atoms with E-state index in [1.54, 1.807) is 0 Å². The van der Waals surface area contributed by atoms with E-state index in [0.717, 1.165) is 11.1 Å². The summed E-state index contributed by atoms with van der Waals surface area (Å²) in [6, 6.07) is 7.27. The van der Waals surface area contributed by atoms with Crippen molar-refractivity contribution in [3.8, 4) is 11.6 Å². The molecule has 0 bridgehead atoms. The van der Waals surface area contributed by atoms with Crippen LogP contribution in [0.3, 0.4) is 0 Å². The fraction of sp³-hybridized carbons (Fsp3) is 0.154. The van der Waals surface area contributed by atoms with Gasteiger partial charge in [-0.1, -0.05) is 46.9 Å². The van der Waals surface area contributed by atoms with E-state index in [-0.39, 0.29) is 11.0 Å². The minimum Gasteiger partial charge on any atom is -0.437 e. The van der Waals surface area contributed by atoms with Crippen molar-refractivity contribution in [1.29, 1.82) is 0 Å². The predicted octanol–water partition coefficient (Wildman–Crippen LogP) is 5.45. The zero-order valence-corrected chi connectivity index (χ0v) is 12.1. The minimum atomic E-state index is 0.168. The number of halogens is 3. The SMILES string of the molecule is Cc1cccc(Oc2nc(Cl)c(Cl)cc2Cl)c1C. The molecule has 2 aromatic rings. The first kappa shape index (κ1) is 13.5. The lowest BCUT2D eigenvalue weighted by Crippen LogP contribution is -1.93. The molecule has 0 radical (unpaired) electrons. The van der Waals surface area contributed by atoms with E-state index in [1.807, 2.05) is 32.0 Å². The summed E-state index contributed by atoms with van der Waals surface area (Å²) >= 11 is 17.7. The molecule has 2 rings (SSSR count). The predicted molar refractivity (Wildman–Crippen MR) is 75.3 cm³/mol. The van der Waals surface area contributed by atoms with Gasteiger partial charge in [0, 0.05) is 0 Å². The Morgan fingerprint density at radius 3 is 2.50 bits per heavy atom. The third kappa shape index (κ3) is 2.72. The summed E-state index contributed by atoms with van der Waals surface area (Å²) in [5.74, 6) is 0.947. The van der Waals surface area contributed by atoms with Gasteiger partial charge in [-0.25, -0.2) is 0 Å². The number of hydrogen-bond donors (Lipinski definition) is 0. The Labute approximate surface area is 120 Å². The van der Waals surface area contributed by atoms with E-state index < -0.39 is 0 Å². The third-order valence-electron chi connectivity index (χ3n) is 2.62. The Bertz CT molecular complexity index is 599. The Morgan fingerprint density at radius 1 is 1.06 bits per heavy atom. The number of pyridine rings is 1. The van der Waals surface area contributed by atoms with Crippen molar-refractivity contribution in [2.75, 3.05) is 0 Å². The molecule has 1 heterocycles. The molecule has 1 aromatic heterocycles. The van der Waals surface area contributed by atoms with Crippen molar-refractivity contribution < 1.29 is 4.74 Å². The van der Waals surface area contributed by atoms with Crippen molar-refractivity contribution in [1.82, 2.24) is 4.98 Å². The van der Waals surface area contributed by atoms with Crippen molar-refractivity contribution in [2.24, 2.45) is 0 Å². The van der Waals surface area contributed by atoms with Crippen molar-refractivity contribution in [2.45, 2.75) is 13.8 Å². The van der Waals surface area contributed by atoms with Gasteiger partial charge in [0.05, 0.1) is 5.02 Å². The molecule has 0 saturated carbocycles. The van der Waals surface area contributed by atoms with Gasteiger partial charge in [-0.2, -0.15) is 4.98 Å². The number of nitrogens with zero attached hydrogens (tertiary/aromatic N) is 1. The van der Waals surface area contributed by atoms with E-state index in [2.05, 4.69) is 4.98 Å². The highest BCUT2D eigenvalue weighted by Crippen LogP contribution is 2.34. The van der Waals surface area contributed by atoms with Gasteiger partial charge < -0.3 is 4.74 Å². The average molecular weight is 303 g/mol. The van der Waals surface area contributed by atoms with E-state index >= 15 is 0 Å². The van der Waals surface area contributed by atoms with Crippen molar-refractivity contribution in [3.05, 3.63) is 50.6 Å². The van der Waals surface area contributed by atoms with Crippen LogP contribution in [0.5, 0.6) is 11.6 Å². The highest BCUT2D eigenvalue weighted by atomic mass is 35.5. The fourth-order valence-corrected chi connectivity index (χ4v) is 1.97. The molecule has 94 valence electrons. The van der Waals surface area contributed by atoms with Crippen molar-refractivity contribution >= 4 is 34.8 Å². The largest absolute Gasteiger partial charge is 0.437 e. The molecule has 2 nitrogen and oxygen atoms in total. The van der Waals surface area contributed by atoms with Crippen LogP contribution in [-0.2, 0) is 0 Å². The maximum absolute atomic E-state index is 6.01. The van der Waals surface area contributed by atoms with Crippen LogP contribution in [0.15, 0.2) is 24.3 Å². The monoisotopic (exact) mass is 301 g/mol. The maximum atomic E-state index is 6.01. The van der Waals surface area contributed by atoms with Gasteiger partial charge in [0.2, 0.25) is 5.88 Å². The van der Waals surface area contributed by atoms with E-state index in [1.165, 1.54) is 6.07 Å². The molecule has 18 heavy (non-hydrogen) atoms. The molecule has 1 aromatic carbocycles. The van der Waals surface area contributed by atoms with Crippen LogP contribution in [0.2, 0.25) is 15.2 Å². The topological polar surface area (TPSA) is 22.1 Å². The number of ether oxygens (including phenoxy) is 1. The Balaban J connectivity index is 2.40. The van der Waals surface area contributed by atoms with Crippen LogP contribution in [0, 0.1) is 13.8 Å². The minimum absolute atomic E-state index is 0.168. The lowest BCUT2D eigenvalue weighted by molar-refractivity contribution is 0.459. The smallest absolute Gasteiger partial charge is 0.239 e. The molecule has 0 atom stereocenters. The summed E-state index contributed by atoms with van der Waals surface area (Å²) in [7, 11) is 0. The van der Waals surface area contributed by atoms with Gasteiger partial charge in [0.1, 0.15) is 10.8 Å². The summed E-state index contributed by atoms with van der Waals surface area (Å²) in [5.41, 5.74) is 2.16. The van der Waals surface area contributed by atoms with Gasteiger partial charge in [-0.3, -0.25) is 0 Å².